The molecule has 0 N–H and O–H groups in total. The molecule has 0 aromatic carbocycles. The van der Waals surface area contributed by atoms with Crippen LogP contribution in [0.4, 0.5) is 0 Å². The van der Waals surface area contributed by atoms with Crippen molar-refractivity contribution in [2.24, 2.45) is 5.92 Å². The van der Waals surface area contributed by atoms with Crippen LogP contribution in [0.1, 0.15) is 19.3 Å². The van der Waals surface area contributed by atoms with Crippen molar-refractivity contribution in [3.63, 3.8) is 0 Å². The lowest BCUT2D eigenvalue weighted by Gasteiger charge is -2.10. The molecule has 0 heteroatoms. The van der Waals surface area contributed by atoms with Gasteiger partial charge in [-0.15, -0.1) is 0 Å². The molecule has 74 valence electrons. The van der Waals surface area contributed by atoms with Crippen molar-refractivity contribution in [1.82, 2.24) is 0 Å². The van der Waals surface area contributed by atoms with Crippen LogP contribution in [0, 0.1) is 5.92 Å². The lowest BCUT2D eigenvalue weighted by molar-refractivity contribution is 0.602. The Balaban J connectivity index is 2.12. The Labute approximate surface area is 87.0 Å². The molecule has 0 bridgehead atoms. The molecule has 0 fully saturated rings. The minimum absolute atomic E-state index is 0.744. The second-order valence-corrected chi connectivity index (χ2v) is 3.43. The van der Waals surface area contributed by atoms with Gasteiger partial charge < -0.3 is 0 Å². The second-order valence-electron chi connectivity index (χ2n) is 3.43. The molecule has 0 aliphatic heterocycles. The van der Waals surface area contributed by atoms with Crippen LogP contribution in [0.15, 0.2) is 61.3 Å². The maximum atomic E-state index is 3.61. The zero-order valence-electron chi connectivity index (χ0n) is 8.60. The summed E-state index contributed by atoms with van der Waals surface area (Å²) in [6.07, 6.45) is 22.5. The van der Waals surface area contributed by atoms with Crippen LogP contribution in [-0.2, 0) is 0 Å². The van der Waals surface area contributed by atoms with Gasteiger partial charge in [-0.05, 0) is 25.2 Å². The molecule has 0 radical (unpaired) electrons. The smallest absolute Gasteiger partial charge is 0.0193 e. The van der Waals surface area contributed by atoms with Crippen LogP contribution in [0.3, 0.4) is 0 Å². The van der Waals surface area contributed by atoms with E-state index in [0.29, 0.717) is 0 Å². The average Bonchev–Trinajstić information content (AvgIpc) is 2.25. The zero-order valence-corrected chi connectivity index (χ0v) is 8.60. The monoisotopic (exact) mass is 186 g/mol. The first kappa shape index (κ1) is 10.8. The SMILES string of the molecule is C=C/C=C\C=C/CCC1C=CC=CC1. The third-order valence-electron chi connectivity index (χ3n) is 2.27. The molecule has 0 saturated carbocycles. The van der Waals surface area contributed by atoms with Crippen LogP contribution in [0.5, 0.6) is 0 Å². The van der Waals surface area contributed by atoms with Crippen molar-refractivity contribution in [2.45, 2.75) is 19.3 Å². The van der Waals surface area contributed by atoms with Gasteiger partial charge in [-0.3, -0.25) is 0 Å². The molecule has 0 saturated heterocycles. The molecular weight excluding hydrogens is 168 g/mol. The highest BCUT2D eigenvalue weighted by atomic mass is 14.1. The Morgan fingerprint density at radius 2 is 2.14 bits per heavy atom. The van der Waals surface area contributed by atoms with Gasteiger partial charge in [-0.2, -0.15) is 0 Å². The number of allylic oxidation sites excluding steroid dienone is 9. The summed E-state index contributed by atoms with van der Waals surface area (Å²) >= 11 is 0. The van der Waals surface area contributed by atoms with E-state index in [1.807, 2.05) is 12.2 Å². The van der Waals surface area contributed by atoms with E-state index in [4.69, 9.17) is 0 Å². The molecule has 0 spiro atoms. The van der Waals surface area contributed by atoms with E-state index in [1.165, 1.54) is 12.8 Å². The first-order valence-corrected chi connectivity index (χ1v) is 5.21. The molecule has 1 aliphatic rings. The first-order chi connectivity index (χ1) is 6.93. The van der Waals surface area contributed by atoms with E-state index >= 15 is 0 Å². The topological polar surface area (TPSA) is 0 Å². The van der Waals surface area contributed by atoms with Crippen molar-refractivity contribution in [2.75, 3.05) is 0 Å². The van der Waals surface area contributed by atoms with E-state index in [-0.39, 0.29) is 0 Å². The first-order valence-electron chi connectivity index (χ1n) is 5.21. The van der Waals surface area contributed by atoms with Gasteiger partial charge in [0.15, 0.2) is 0 Å². The molecule has 0 aromatic heterocycles. The van der Waals surface area contributed by atoms with Crippen molar-refractivity contribution >= 4 is 0 Å². The van der Waals surface area contributed by atoms with E-state index < -0.39 is 0 Å². The Hall–Kier alpha value is -1.30. The lowest BCUT2D eigenvalue weighted by atomic mass is 9.96. The Morgan fingerprint density at radius 1 is 1.21 bits per heavy atom. The van der Waals surface area contributed by atoms with Gasteiger partial charge in [0, 0.05) is 0 Å². The highest BCUT2D eigenvalue weighted by Gasteiger charge is 2.02. The molecule has 1 atom stereocenters. The van der Waals surface area contributed by atoms with Gasteiger partial charge in [-0.25, -0.2) is 0 Å². The zero-order chi connectivity index (χ0) is 10.1. The van der Waals surface area contributed by atoms with Crippen molar-refractivity contribution in [3.05, 3.63) is 61.3 Å². The van der Waals surface area contributed by atoms with Crippen LogP contribution >= 0.6 is 0 Å². The third kappa shape index (κ3) is 4.66. The van der Waals surface area contributed by atoms with Gasteiger partial charge in [0.25, 0.3) is 0 Å². The normalized spacial score (nSPS) is 21.0. The van der Waals surface area contributed by atoms with E-state index in [2.05, 4.69) is 43.0 Å². The molecule has 1 unspecified atom stereocenters. The van der Waals surface area contributed by atoms with Gasteiger partial charge >= 0.3 is 0 Å². The maximum absolute atomic E-state index is 3.61. The minimum Gasteiger partial charge on any atom is -0.0991 e. The standard InChI is InChI=1S/C14H18/c1-2-3-4-5-6-8-11-14-12-9-7-10-13-14/h2-7,9-10,12,14H,1,8,11,13H2/b4-3-,6-5-. The summed E-state index contributed by atoms with van der Waals surface area (Å²) in [7, 11) is 0. The second kappa shape index (κ2) is 7.14. The van der Waals surface area contributed by atoms with Crippen molar-refractivity contribution in [1.29, 1.82) is 0 Å². The van der Waals surface area contributed by atoms with Crippen molar-refractivity contribution in [3.8, 4) is 0 Å². The van der Waals surface area contributed by atoms with Crippen LogP contribution < -0.4 is 0 Å². The molecule has 0 nitrogen and oxygen atoms in total. The summed E-state index contributed by atoms with van der Waals surface area (Å²) in [4.78, 5) is 0. The minimum atomic E-state index is 0.744. The summed E-state index contributed by atoms with van der Waals surface area (Å²) in [5.74, 6) is 0.744. The van der Waals surface area contributed by atoms with Crippen LogP contribution in [0.25, 0.3) is 0 Å². The van der Waals surface area contributed by atoms with Gasteiger partial charge in [0.05, 0.1) is 0 Å². The quantitative estimate of drug-likeness (QED) is 0.564. The fraction of sp³-hybridized carbons (Fsp3) is 0.286. The maximum Gasteiger partial charge on any atom is -0.0193 e. The fourth-order valence-corrected chi connectivity index (χ4v) is 1.47. The van der Waals surface area contributed by atoms with Gasteiger partial charge in [-0.1, -0.05) is 61.3 Å². The molecular formula is C14H18. The Bertz CT molecular complexity index is 264. The molecule has 0 amide bonds. The predicted octanol–water partition coefficient (Wildman–Crippen LogP) is 4.20. The molecule has 0 aromatic rings. The highest BCUT2D eigenvalue weighted by Crippen LogP contribution is 2.17. The summed E-state index contributed by atoms with van der Waals surface area (Å²) in [6, 6.07) is 0. The fourth-order valence-electron chi connectivity index (χ4n) is 1.47. The Kier molecular flexibility index (Phi) is 5.49. The summed E-state index contributed by atoms with van der Waals surface area (Å²) in [5.41, 5.74) is 0. The van der Waals surface area contributed by atoms with Crippen molar-refractivity contribution < 1.29 is 0 Å². The number of hydrogen-bond donors (Lipinski definition) is 0. The van der Waals surface area contributed by atoms with Crippen LogP contribution in [0.2, 0.25) is 0 Å². The predicted molar refractivity (Wildman–Crippen MR) is 64.1 cm³/mol. The number of rotatable bonds is 5. The summed E-state index contributed by atoms with van der Waals surface area (Å²) < 4.78 is 0. The van der Waals surface area contributed by atoms with Gasteiger partial charge in [0.1, 0.15) is 0 Å². The lowest BCUT2D eigenvalue weighted by Crippen LogP contribution is -1.95. The van der Waals surface area contributed by atoms with E-state index in [9.17, 15) is 0 Å². The largest absolute Gasteiger partial charge is 0.0991 e. The Morgan fingerprint density at radius 3 is 2.86 bits per heavy atom. The van der Waals surface area contributed by atoms with E-state index in [0.717, 1.165) is 12.3 Å². The summed E-state index contributed by atoms with van der Waals surface area (Å²) in [6.45, 7) is 3.61. The van der Waals surface area contributed by atoms with Gasteiger partial charge in [0.2, 0.25) is 0 Å². The molecule has 14 heavy (non-hydrogen) atoms. The van der Waals surface area contributed by atoms with Crippen LogP contribution in [-0.4, -0.2) is 0 Å². The summed E-state index contributed by atoms with van der Waals surface area (Å²) in [5, 5.41) is 0. The molecule has 0 heterocycles. The molecule has 1 aliphatic carbocycles. The molecule has 1 rings (SSSR count). The highest BCUT2D eigenvalue weighted by molar-refractivity contribution is 5.12. The average molecular weight is 186 g/mol. The van der Waals surface area contributed by atoms with E-state index in [1.54, 1.807) is 6.08 Å². The third-order valence-corrected chi connectivity index (χ3v) is 2.27. The number of hydrogen-bond acceptors (Lipinski definition) is 0.